The zero-order valence-corrected chi connectivity index (χ0v) is 51.8. The van der Waals surface area contributed by atoms with Gasteiger partial charge in [-0.2, -0.15) is 0 Å². The molecule has 3 aliphatic heterocycles. The van der Waals surface area contributed by atoms with E-state index in [0.717, 1.165) is 63.6 Å². The summed E-state index contributed by atoms with van der Waals surface area (Å²) in [5.41, 5.74) is 7.70. The van der Waals surface area contributed by atoms with E-state index < -0.39 is 40.1 Å². The van der Waals surface area contributed by atoms with Gasteiger partial charge in [0.25, 0.3) is 0 Å². The zero-order chi connectivity index (χ0) is 58.7. The average Bonchev–Trinajstić information content (AvgIpc) is 4.39. The van der Waals surface area contributed by atoms with Crippen molar-refractivity contribution in [3.05, 3.63) is 67.7 Å². The maximum Gasteiger partial charge on any atom is 0.414 e. The molecule has 0 radical (unpaired) electrons. The predicted molar refractivity (Wildman–Crippen MR) is 322 cm³/mol. The number of amides is 3. The van der Waals surface area contributed by atoms with Gasteiger partial charge in [-0.3, -0.25) is 38.5 Å². The Kier molecular flexibility index (Phi) is 20.7. The van der Waals surface area contributed by atoms with E-state index in [4.69, 9.17) is 77.0 Å². The van der Waals surface area contributed by atoms with Gasteiger partial charge in [0, 0.05) is 136 Å². The second kappa shape index (κ2) is 26.5. The van der Waals surface area contributed by atoms with Crippen LogP contribution < -0.4 is 28.9 Å². The van der Waals surface area contributed by atoms with E-state index in [1.165, 1.54) is 54.8 Å². The van der Waals surface area contributed by atoms with Crippen LogP contribution in [0.2, 0.25) is 0 Å². The minimum atomic E-state index is -0.600. The molecule has 0 saturated carbocycles. The number of alkyl halides is 3. The van der Waals surface area contributed by atoms with Crippen molar-refractivity contribution in [2.45, 2.75) is 124 Å². The van der Waals surface area contributed by atoms with Crippen LogP contribution in [0.25, 0.3) is 30.3 Å². The Bertz CT molecular complexity index is 3290. The molecule has 0 saturated heterocycles. The number of rotatable bonds is 14. The molecule has 15 nitrogen and oxygen atoms in total. The van der Waals surface area contributed by atoms with Crippen LogP contribution in [-0.4, -0.2) is 89.2 Å². The van der Waals surface area contributed by atoms with Crippen LogP contribution in [0, 0.1) is 20.8 Å². The molecule has 0 fully saturated rings. The summed E-state index contributed by atoms with van der Waals surface area (Å²) in [5.74, 6) is 0.788. The number of fused-ring (bicyclic) bond motifs is 9. The van der Waals surface area contributed by atoms with E-state index in [9.17, 15) is 38.4 Å². The lowest BCUT2D eigenvalue weighted by molar-refractivity contribution is -0.132. The molecular formula is C57H60Cl5N3O12S3. The molecule has 3 aliphatic rings. The second-order valence-electron chi connectivity index (χ2n) is 20.6. The molecule has 80 heavy (non-hydrogen) atoms. The van der Waals surface area contributed by atoms with Gasteiger partial charge in [-0.15, -0.1) is 68.8 Å². The van der Waals surface area contributed by atoms with Crippen LogP contribution in [0.1, 0.15) is 131 Å². The third kappa shape index (κ3) is 13.9. The fourth-order valence-corrected chi connectivity index (χ4v) is 14.3. The molecule has 3 aromatic heterocycles. The van der Waals surface area contributed by atoms with Crippen molar-refractivity contribution in [1.29, 1.82) is 0 Å². The molecule has 6 heterocycles. The smallest absolute Gasteiger partial charge is 0.414 e. The molecule has 0 N–H and O–H groups in total. The molecule has 9 rings (SSSR count). The van der Waals surface area contributed by atoms with Gasteiger partial charge >= 0.3 is 24.0 Å². The Balaban J connectivity index is 0.000000221. The molecule has 0 bridgehead atoms. The lowest BCUT2D eigenvalue weighted by Gasteiger charge is -2.25. The maximum absolute atomic E-state index is 13.7. The number of halogens is 5. The van der Waals surface area contributed by atoms with Gasteiger partial charge < -0.3 is 28.7 Å². The van der Waals surface area contributed by atoms with Crippen LogP contribution in [0.5, 0.6) is 17.2 Å². The van der Waals surface area contributed by atoms with Crippen molar-refractivity contribution in [2.24, 2.45) is 0 Å². The molecular weight excluding hydrogens is 1190 g/mol. The van der Waals surface area contributed by atoms with E-state index in [1.54, 1.807) is 32.9 Å². The lowest BCUT2D eigenvalue weighted by atomic mass is 9.97. The van der Waals surface area contributed by atoms with E-state index in [2.05, 4.69) is 0 Å². The number of carbonyl (C=O) groups is 8. The van der Waals surface area contributed by atoms with Crippen molar-refractivity contribution < 1.29 is 57.3 Å². The minimum Gasteiger partial charge on any atom is -0.443 e. The van der Waals surface area contributed by atoms with Crippen molar-refractivity contribution in [3.63, 3.8) is 0 Å². The number of hydrogen-bond donors (Lipinski definition) is 0. The monoisotopic (exact) mass is 1250 g/mol. The van der Waals surface area contributed by atoms with Gasteiger partial charge in [-0.05, 0) is 127 Å². The highest BCUT2D eigenvalue weighted by Crippen LogP contribution is 2.52. The number of ether oxygens (including phenoxy) is 4. The van der Waals surface area contributed by atoms with Crippen molar-refractivity contribution in [3.8, 4) is 17.2 Å². The fraction of sp³-hybridized carbons (Fsp3) is 0.439. The molecule has 0 unspecified atom stereocenters. The van der Waals surface area contributed by atoms with Crippen molar-refractivity contribution >= 4 is 186 Å². The van der Waals surface area contributed by atoms with Crippen LogP contribution in [0.15, 0.2) is 34.3 Å². The minimum absolute atomic E-state index is 0.00126. The van der Waals surface area contributed by atoms with Crippen molar-refractivity contribution in [1.82, 2.24) is 0 Å². The summed E-state index contributed by atoms with van der Waals surface area (Å²) >= 11 is 33.5. The van der Waals surface area contributed by atoms with Gasteiger partial charge in [0.1, 0.15) is 5.60 Å². The van der Waals surface area contributed by atoms with Crippen molar-refractivity contribution in [2.75, 3.05) is 52.0 Å². The molecule has 0 spiro atoms. The number of hydrogen-bond acceptors (Lipinski definition) is 15. The first kappa shape index (κ1) is 62.5. The van der Waals surface area contributed by atoms with Gasteiger partial charge in [0.2, 0.25) is 22.3 Å². The number of esters is 3. The van der Waals surface area contributed by atoms with E-state index in [1.807, 2.05) is 57.7 Å². The Morgan fingerprint density at radius 3 is 1.10 bits per heavy atom. The predicted octanol–water partition coefficient (Wildman–Crippen LogP) is 14.7. The third-order valence-electron chi connectivity index (χ3n) is 13.4. The van der Waals surface area contributed by atoms with Gasteiger partial charge in [-0.25, -0.2) is 4.79 Å². The standard InChI is InChI=1S/C33H32Cl2N2O6S2.C19H22ClNO4S.C5H6Cl2O2/c1-16-14-44-32-24(42-18(3)38)8-22-30(28(16)32)20(10-34)12-36(22)26(40)6-5-7-27(41)37-13-21(11-35)31-23(37)9-25(43-19(4)39)33-29(31)17(2)15-45-33;1-10-9-26-17-14(24-11(2)22)6-13-16(15(10)17)12(7-20)8-21(13)18(23)25-19(3,4)5;6-4(8)2-1-3-5(7)9/h8-9,14-15,20-21H,5-7,10-13H2,1-4H3;6,9,12H,7-8H2,1-5H3;1-3H2/t20-,21-;12-;/m11./s1. The van der Waals surface area contributed by atoms with Gasteiger partial charge in [0.15, 0.2) is 17.2 Å². The topological polar surface area (TPSA) is 183 Å². The second-order valence-corrected chi connectivity index (χ2v) is 25.1. The molecule has 3 atom stereocenters. The fourth-order valence-electron chi connectivity index (χ4n) is 10.3. The van der Waals surface area contributed by atoms with E-state index >= 15 is 0 Å². The summed E-state index contributed by atoms with van der Waals surface area (Å²) in [4.78, 5) is 100. The highest BCUT2D eigenvalue weighted by molar-refractivity contribution is 7.18. The highest BCUT2D eigenvalue weighted by Gasteiger charge is 2.40. The Labute approximate surface area is 500 Å². The first-order valence-electron chi connectivity index (χ1n) is 25.6. The summed E-state index contributed by atoms with van der Waals surface area (Å²) in [6.07, 6.45) is 1.13. The number of carbonyl (C=O) groups excluding carboxylic acids is 8. The molecule has 428 valence electrons. The number of anilines is 3. The number of aryl methyl sites for hydroxylation is 3. The summed E-state index contributed by atoms with van der Waals surface area (Å²) in [6.45, 7) is 16.9. The summed E-state index contributed by atoms with van der Waals surface area (Å²) in [6, 6.07) is 5.29. The van der Waals surface area contributed by atoms with E-state index in [0.29, 0.717) is 84.4 Å². The molecule has 6 aromatic rings. The van der Waals surface area contributed by atoms with Gasteiger partial charge in [-0.1, -0.05) is 0 Å². The summed E-state index contributed by atoms with van der Waals surface area (Å²) in [5, 5.41) is 8.19. The summed E-state index contributed by atoms with van der Waals surface area (Å²) < 4.78 is 24.7. The maximum atomic E-state index is 13.7. The van der Waals surface area contributed by atoms with Crippen LogP contribution in [0.3, 0.4) is 0 Å². The molecule has 23 heteroatoms. The first-order valence-corrected chi connectivity index (χ1v) is 30.6. The molecule has 0 aliphatic carbocycles. The SMILES string of the molecule is CC(=O)Oc1cc2c(c3c(C)csc13)[C@H](CCl)CN2C(=O)CCCC(=O)N1C[C@@H](CCl)c2c1cc(OC(C)=O)c1scc(C)c21.CC(=O)Oc1cc2c(c3c(C)csc13)[C@H](CCl)CN2C(=O)OC(C)(C)C.O=C(Cl)CCCC(=O)Cl. The first-order chi connectivity index (χ1) is 37.8. The Hall–Kier alpha value is -5.05. The number of benzene rings is 3. The largest absolute Gasteiger partial charge is 0.443 e. The normalized spacial score (nSPS) is 16.1. The van der Waals surface area contributed by atoms with Gasteiger partial charge in [0.05, 0.1) is 31.2 Å². The molecule has 3 aromatic carbocycles. The quantitative estimate of drug-likeness (QED) is 0.0436. The van der Waals surface area contributed by atoms with E-state index in [-0.39, 0.29) is 55.3 Å². The zero-order valence-electron chi connectivity index (χ0n) is 45.5. The number of nitrogens with zero attached hydrogens (tertiary/aromatic N) is 3. The Morgan fingerprint density at radius 1 is 0.512 bits per heavy atom. The summed E-state index contributed by atoms with van der Waals surface area (Å²) in [7, 11) is 0. The molecule has 3 amide bonds. The average molecular weight is 1250 g/mol. The Morgan fingerprint density at radius 2 is 0.812 bits per heavy atom. The lowest BCUT2D eigenvalue weighted by Crippen LogP contribution is -2.36. The van der Waals surface area contributed by atoms with Crippen LogP contribution in [-0.2, 0) is 38.3 Å². The van der Waals surface area contributed by atoms with Crippen LogP contribution >= 0.6 is 92.0 Å². The van der Waals surface area contributed by atoms with Crippen LogP contribution in [0.4, 0.5) is 21.9 Å². The number of thiophene rings is 3. The highest BCUT2D eigenvalue weighted by atomic mass is 35.5. The third-order valence-corrected chi connectivity index (χ3v) is 18.2.